The lowest BCUT2D eigenvalue weighted by Gasteiger charge is -2.07. The highest BCUT2D eigenvalue weighted by Gasteiger charge is 2.13. The fraction of sp³-hybridized carbons (Fsp3) is 0.100. The van der Waals surface area contributed by atoms with Crippen molar-refractivity contribution < 1.29 is 8.42 Å². The van der Waals surface area contributed by atoms with Crippen LogP contribution in [-0.2, 0) is 10.0 Å². The lowest BCUT2D eigenvalue weighted by atomic mass is 10.1. The Morgan fingerprint density at radius 2 is 2.00 bits per heavy atom. The van der Waals surface area contributed by atoms with E-state index in [0.29, 0.717) is 16.8 Å². The van der Waals surface area contributed by atoms with Crippen molar-refractivity contribution in [3.63, 3.8) is 0 Å². The van der Waals surface area contributed by atoms with Crippen LogP contribution in [0.15, 0.2) is 29.3 Å². The first-order chi connectivity index (χ1) is 7.39. The van der Waals surface area contributed by atoms with Crippen molar-refractivity contribution in [2.75, 3.05) is 5.73 Å². The van der Waals surface area contributed by atoms with Crippen molar-refractivity contribution in [1.29, 1.82) is 0 Å². The van der Waals surface area contributed by atoms with E-state index in [1.165, 1.54) is 12.3 Å². The SMILES string of the molecule is Cc1cc2c(N)nccc2cc1S(N)(=O)=O. The van der Waals surface area contributed by atoms with Gasteiger partial charge in [-0.2, -0.15) is 0 Å². The molecule has 2 rings (SSSR count). The first kappa shape index (κ1) is 10.8. The van der Waals surface area contributed by atoms with Crippen LogP contribution in [0.4, 0.5) is 5.82 Å². The molecular formula is C10H11N3O2S. The third-order valence-corrected chi connectivity index (χ3v) is 3.45. The normalized spacial score (nSPS) is 11.9. The molecule has 5 nitrogen and oxygen atoms in total. The van der Waals surface area contributed by atoms with Gasteiger partial charge in [-0.3, -0.25) is 0 Å². The van der Waals surface area contributed by atoms with E-state index in [2.05, 4.69) is 4.98 Å². The Labute approximate surface area is 93.1 Å². The zero-order chi connectivity index (χ0) is 11.9. The molecule has 6 heteroatoms. The van der Waals surface area contributed by atoms with Gasteiger partial charge in [0.1, 0.15) is 5.82 Å². The molecule has 0 radical (unpaired) electrons. The summed E-state index contributed by atoms with van der Waals surface area (Å²) in [5.41, 5.74) is 6.26. The van der Waals surface area contributed by atoms with Crippen molar-refractivity contribution in [3.05, 3.63) is 30.0 Å². The van der Waals surface area contributed by atoms with Gasteiger partial charge in [0.25, 0.3) is 0 Å². The number of pyridine rings is 1. The number of nitrogens with two attached hydrogens (primary N) is 2. The van der Waals surface area contributed by atoms with Gasteiger partial charge in [-0.15, -0.1) is 0 Å². The minimum absolute atomic E-state index is 0.116. The van der Waals surface area contributed by atoms with Crippen LogP contribution in [0.25, 0.3) is 10.8 Å². The van der Waals surface area contributed by atoms with Crippen LogP contribution in [0.2, 0.25) is 0 Å². The number of nitrogen functional groups attached to an aromatic ring is 1. The largest absolute Gasteiger partial charge is 0.383 e. The number of primary sulfonamides is 1. The number of hydrogen-bond donors (Lipinski definition) is 2. The van der Waals surface area contributed by atoms with E-state index in [1.54, 1.807) is 19.1 Å². The Kier molecular flexibility index (Phi) is 2.32. The zero-order valence-electron chi connectivity index (χ0n) is 8.64. The molecule has 0 atom stereocenters. The Hall–Kier alpha value is -1.66. The number of nitrogens with zero attached hydrogens (tertiary/aromatic N) is 1. The van der Waals surface area contributed by atoms with Crippen molar-refractivity contribution in [2.45, 2.75) is 11.8 Å². The van der Waals surface area contributed by atoms with E-state index in [-0.39, 0.29) is 4.90 Å². The quantitative estimate of drug-likeness (QED) is 0.765. The summed E-state index contributed by atoms with van der Waals surface area (Å²) in [6.07, 6.45) is 1.53. The average Bonchev–Trinajstić information content (AvgIpc) is 2.17. The second kappa shape index (κ2) is 3.43. The Balaban J connectivity index is 2.88. The highest BCUT2D eigenvalue weighted by atomic mass is 32.2. The van der Waals surface area contributed by atoms with E-state index < -0.39 is 10.0 Å². The van der Waals surface area contributed by atoms with Crippen LogP contribution in [0, 0.1) is 6.92 Å². The number of anilines is 1. The Morgan fingerprint density at radius 3 is 2.62 bits per heavy atom. The van der Waals surface area contributed by atoms with E-state index in [0.717, 1.165) is 5.39 Å². The zero-order valence-corrected chi connectivity index (χ0v) is 9.45. The monoisotopic (exact) mass is 237 g/mol. The van der Waals surface area contributed by atoms with Crippen LogP contribution < -0.4 is 10.9 Å². The maximum atomic E-state index is 11.3. The molecule has 16 heavy (non-hydrogen) atoms. The summed E-state index contributed by atoms with van der Waals surface area (Å²) in [4.78, 5) is 4.05. The van der Waals surface area contributed by atoms with Gasteiger partial charge >= 0.3 is 0 Å². The van der Waals surface area contributed by atoms with E-state index >= 15 is 0 Å². The van der Waals surface area contributed by atoms with Gasteiger partial charge in [-0.05, 0) is 36.1 Å². The lowest BCUT2D eigenvalue weighted by molar-refractivity contribution is 0.597. The van der Waals surface area contributed by atoms with Crippen LogP contribution in [0.3, 0.4) is 0 Å². The fourth-order valence-electron chi connectivity index (χ4n) is 1.64. The summed E-state index contributed by atoms with van der Waals surface area (Å²) in [5.74, 6) is 0.376. The molecule has 84 valence electrons. The highest BCUT2D eigenvalue weighted by Crippen LogP contribution is 2.24. The maximum absolute atomic E-state index is 11.3. The molecule has 0 unspecified atom stereocenters. The molecule has 0 spiro atoms. The predicted octanol–water partition coefficient (Wildman–Crippen LogP) is 0.773. The summed E-state index contributed by atoms with van der Waals surface area (Å²) in [6, 6.07) is 4.88. The molecule has 0 amide bonds. The topological polar surface area (TPSA) is 99.1 Å². The van der Waals surface area contributed by atoms with E-state index in [1.807, 2.05) is 0 Å². The molecule has 0 saturated heterocycles. The van der Waals surface area contributed by atoms with E-state index in [9.17, 15) is 8.42 Å². The van der Waals surface area contributed by atoms with Gasteiger partial charge in [0.2, 0.25) is 10.0 Å². The Morgan fingerprint density at radius 1 is 1.31 bits per heavy atom. The van der Waals surface area contributed by atoms with Gasteiger partial charge in [-0.25, -0.2) is 18.5 Å². The molecule has 0 saturated carbocycles. The molecule has 0 aliphatic carbocycles. The minimum Gasteiger partial charge on any atom is -0.383 e. The van der Waals surface area contributed by atoms with Crippen LogP contribution in [0.1, 0.15) is 5.56 Å². The summed E-state index contributed by atoms with van der Waals surface area (Å²) < 4.78 is 22.6. The van der Waals surface area contributed by atoms with E-state index in [4.69, 9.17) is 10.9 Å². The van der Waals surface area contributed by atoms with Gasteiger partial charge in [-0.1, -0.05) is 0 Å². The molecule has 1 aromatic heterocycles. The summed E-state index contributed by atoms with van der Waals surface area (Å²) in [6.45, 7) is 1.67. The smallest absolute Gasteiger partial charge is 0.238 e. The molecule has 4 N–H and O–H groups in total. The fourth-order valence-corrected chi connectivity index (χ4v) is 2.44. The molecule has 0 aliphatic heterocycles. The van der Waals surface area contributed by atoms with Crippen molar-refractivity contribution >= 4 is 26.6 Å². The Bertz CT molecular complexity index is 665. The van der Waals surface area contributed by atoms with Crippen LogP contribution in [-0.4, -0.2) is 13.4 Å². The van der Waals surface area contributed by atoms with Gasteiger partial charge in [0, 0.05) is 11.6 Å². The second-order valence-electron chi connectivity index (χ2n) is 3.58. The molecule has 1 heterocycles. The average molecular weight is 237 g/mol. The minimum atomic E-state index is -3.70. The van der Waals surface area contributed by atoms with Crippen LogP contribution in [0.5, 0.6) is 0 Å². The second-order valence-corrected chi connectivity index (χ2v) is 5.11. The summed E-state index contributed by atoms with van der Waals surface area (Å²) >= 11 is 0. The lowest BCUT2D eigenvalue weighted by Crippen LogP contribution is -2.13. The van der Waals surface area contributed by atoms with Crippen LogP contribution >= 0.6 is 0 Å². The third-order valence-electron chi connectivity index (χ3n) is 2.40. The third kappa shape index (κ3) is 1.72. The van der Waals surface area contributed by atoms with Crippen molar-refractivity contribution in [2.24, 2.45) is 5.14 Å². The number of hydrogen-bond acceptors (Lipinski definition) is 4. The van der Waals surface area contributed by atoms with Crippen molar-refractivity contribution in [1.82, 2.24) is 4.98 Å². The number of sulfonamides is 1. The molecule has 0 bridgehead atoms. The van der Waals surface area contributed by atoms with Gasteiger partial charge < -0.3 is 5.73 Å². The molecule has 2 aromatic rings. The molecule has 0 fully saturated rings. The number of fused-ring (bicyclic) bond motifs is 1. The number of rotatable bonds is 1. The van der Waals surface area contributed by atoms with Gasteiger partial charge in [0.05, 0.1) is 4.90 Å². The molecule has 0 aliphatic rings. The summed E-state index contributed by atoms with van der Waals surface area (Å²) in [5, 5.41) is 6.55. The van der Waals surface area contributed by atoms with Gasteiger partial charge in [0.15, 0.2) is 0 Å². The highest BCUT2D eigenvalue weighted by molar-refractivity contribution is 7.89. The standard InChI is InChI=1S/C10H11N3O2S/c1-6-4-8-7(2-3-13-10(8)11)5-9(6)16(12,14)15/h2-5H,1H3,(H2,11,13)(H2,12,14,15). The van der Waals surface area contributed by atoms with Crippen molar-refractivity contribution in [3.8, 4) is 0 Å². The number of aromatic nitrogens is 1. The molecular weight excluding hydrogens is 226 g/mol. The predicted molar refractivity (Wildman–Crippen MR) is 62.3 cm³/mol. The number of aryl methyl sites for hydroxylation is 1. The maximum Gasteiger partial charge on any atom is 0.238 e. The first-order valence-corrected chi connectivity index (χ1v) is 6.12. The first-order valence-electron chi connectivity index (χ1n) is 4.57. The summed E-state index contributed by atoms with van der Waals surface area (Å²) in [7, 11) is -3.70. The number of benzene rings is 1. The molecule has 1 aromatic carbocycles.